The van der Waals surface area contributed by atoms with E-state index in [1.807, 2.05) is 5.32 Å². The third-order valence-electron chi connectivity index (χ3n) is 4.99. The van der Waals surface area contributed by atoms with Crippen LogP contribution in [0, 0.1) is 0 Å². The Labute approximate surface area is 251 Å². The van der Waals surface area contributed by atoms with E-state index in [4.69, 9.17) is 23.1 Å². The molecule has 0 saturated carbocycles. The van der Waals surface area contributed by atoms with E-state index in [-0.39, 0.29) is 18.2 Å². The number of ether oxygens (including phenoxy) is 2. The second-order valence-electron chi connectivity index (χ2n) is 7.45. The topological polar surface area (TPSA) is 156 Å². The number of hydrogen-bond donors (Lipinski definition) is 5. The van der Waals surface area contributed by atoms with Crippen molar-refractivity contribution in [3.05, 3.63) is 24.2 Å². The first kappa shape index (κ1) is 36.5. The zero-order valence-corrected chi connectivity index (χ0v) is 28.9. The molecule has 2 aliphatic heterocycles. The van der Waals surface area contributed by atoms with E-state index in [0.717, 1.165) is 68.5 Å². The van der Waals surface area contributed by atoms with Crippen molar-refractivity contribution in [2.24, 2.45) is 0 Å². The summed E-state index contributed by atoms with van der Waals surface area (Å²) in [5.74, 6) is 1.04. The maximum atomic E-state index is 11.1. The molecule has 1 radical (unpaired) electrons. The maximum Gasteiger partial charge on any atom is 0.437 e. The fraction of sp³-hybridized carbons (Fsp3) is 0.650. The minimum atomic E-state index is -2.93. The number of thiol groups is 1. The van der Waals surface area contributed by atoms with Crippen molar-refractivity contribution in [1.29, 1.82) is 0 Å². The van der Waals surface area contributed by atoms with Crippen LogP contribution in [0.1, 0.15) is 32.6 Å². The third kappa shape index (κ3) is 15.8. The second kappa shape index (κ2) is 21.4. The van der Waals surface area contributed by atoms with Gasteiger partial charge in [0.1, 0.15) is 12.0 Å². The molecule has 0 aromatic rings. The van der Waals surface area contributed by atoms with Gasteiger partial charge in [-0.05, 0) is 31.8 Å². The molecule has 0 aromatic heterocycles. The first-order valence-corrected chi connectivity index (χ1v) is 24.6. The minimum absolute atomic E-state index is 0.0437. The van der Waals surface area contributed by atoms with Crippen LogP contribution in [0.4, 0.5) is 0 Å². The van der Waals surface area contributed by atoms with Crippen molar-refractivity contribution in [3.8, 4) is 0 Å². The van der Waals surface area contributed by atoms with Gasteiger partial charge >= 0.3 is 115 Å². The van der Waals surface area contributed by atoms with Crippen LogP contribution in [-0.2, 0) is 32.9 Å². The number of hydrogen-bond acceptors (Lipinski definition) is 11. The molecular weight excluding hydrogens is 706 g/mol. The molecule has 0 aliphatic carbocycles. The quantitative estimate of drug-likeness (QED) is 0.0508. The zero-order valence-electron chi connectivity index (χ0n) is 20.9. The Hall–Kier alpha value is 0.521. The smallest absolute Gasteiger partial charge is 0.355 e. The van der Waals surface area contributed by atoms with E-state index < -0.39 is 13.9 Å². The number of rotatable bonds is 11. The van der Waals surface area contributed by atoms with E-state index in [1.54, 1.807) is 31.1 Å². The van der Waals surface area contributed by atoms with E-state index in [0.29, 0.717) is 24.1 Å². The van der Waals surface area contributed by atoms with Crippen LogP contribution in [-0.4, -0.2) is 133 Å². The summed E-state index contributed by atoms with van der Waals surface area (Å²) in [6.07, 6.45) is 9.45. The predicted octanol–water partition coefficient (Wildman–Crippen LogP) is 0.576. The Morgan fingerprint density at radius 3 is 2.42 bits per heavy atom. The second-order valence-corrected chi connectivity index (χ2v) is 16.9. The van der Waals surface area contributed by atoms with Gasteiger partial charge in [0.2, 0.25) is 6.41 Å². The van der Waals surface area contributed by atoms with Crippen LogP contribution in [0.2, 0.25) is 0 Å². The molecule has 2 aliphatic rings. The van der Waals surface area contributed by atoms with Crippen LogP contribution in [0.15, 0.2) is 24.2 Å². The van der Waals surface area contributed by atoms with Gasteiger partial charge in [-0.2, -0.15) is 13.9 Å². The summed E-state index contributed by atoms with van der Waals surface area (Å²) in [5.41, 5.74) is 0. The molecule has 36 heavy (non-hydrogen) atoms. The first-order valence-electron chi connectivity index (χ1n) is 10.9. The van der Waals surface area contributed by atoms with Gasteiger partial charge in [0, 0.05) is 19.3 Å². The molecule has 203 valence electrons. The number of imide groups is 1. The number of carbonyl (C=O) groups is 3. The number of nitrogens with zero attached hydrogens (tertiary/aromatic N) is 1. The normalized spacial score (nSPS) is 23.4. The fourth-order valence-electron chi connectivity index (χ4n) is 3.08. The average Bonchev–Trinajstić information content (AvgIpc) is 3.56. The van der Waals surface area contributed by atoms with Gasteiger partial charge in [-0.3, -0.25) is 14.9 Å². The summed E-state index contributed by atoms with van der Waals surface area (Å²) in [5, 5.41) is 5.37. The molecule has 0 bridgehead atoms. The van der Waals surface area contributed by atoms with E-state index in [1.165, 1.54) is 32.5 Å². The number of carbonyl (C=O) groups excluding carboxylic acids is 3. The SMILES string of the molecule is CC(=O)NCC1CCC([Se][Ba])O1.CO[P+](O)(/C=C/C1CCC(N(C)/C=C\C(=O)NC=O)O1)OC.OS. The van der Waals surface area contributed by atoms with Crippen molar-refractivity contribution in [1.82, 2.24) is 15.5 Å². The monoisotopic (exact) mass is 743 g/mol. The Kier molecular flexibility index (Phi) is 21.7. The molecule has 4 unspecified atom stereocenters. The largest absolute Gasteiger partial charge is 0.437 e. The summed E-state index contributed by atoms with van der Waals surface area (Å²) >= 11 is 3.43. The fourth-order valence-corrected chi connectivity index (χ4v) is 9.01. The molecule has 2 rings (SSSR count). The molecule has 2 saturated heterocycles. The minimum Gasteiger partial charge on any atom is -0.355 e. The van der Waals surface area contributed by atoms with Crippen LogP contribution >= 0.6 is 20.9 Å². The van der Waals surface area contributed by atoms with Gasteiger partial charge in [0.25, 0.3) is 5.91 Å². The van der Waals surface area contributed by atoms with Crippen molar-refractivity contribution >= 4 is 88.3 Å². The molecule has 2 fully saturated rings. The van der Waals surface area contributed by atoms with E-state index >= 15 is 0 Å². The third-order valence-corrected chi connectivity index (χ3v) is 14.2. The van der Waals surface area contributed by atoms with Gasteiger partial charge in [0.05, 0.1) is 20.3 Å². The predicted molar refractivity (Wildman–Crippen MR) is 141 cm³/mol. The summed E-state index contributed by atoms with van der Waals surface area (Å²) in [7, 11) is 1.59. The van der Waals surface area contributed by atoms with Gasteiger partial charge in [-0.15, -0.1) is 0 Å². The molecule has 12 nitrogen and oxygen atoms in total. The summed E-state index contributed by atoms with van der Waals surface area (Å²) in [6.45, 7) is 2.25. The maximum absolute atomic E-state index is 11.1. The molecule has 16 heteroatoms. The molecular formula is C20H36BaN3O9PSSe+. The van der Waals surface area contributed by atoms with Crippen molar-refractivity contribution in [2.45, 2.75) is 56.0 Å². The Morgan fingerprint density at radius 2 is 1.89 bits per heavy atom. The summed E-state index contributed by atoms with van der Waals surface area (Å²) in [4.78, 5) is 43.5. The van der Waals surface area contributed by atoms with Gasteiger partial charge in [-0.1, -0.05) is 0 Å². The summed E-state index contributed by atoms with van der Waals surface area (Å²) < 4.78 is 28.0. The van der Waals surface area contributed by atoms with Crippen LogP contribution < -0.4 is 10.6 Å². The zero-order chi connectivity index (χ0) is 27.6. The Balaban J connectivity index is 0.000000735. The Bertz CT molecular complexity index is 722. The number of amides is 3. The van der Waals surface area contributed by atoms with Gasteiger partial charge in [-0.25, -0.2) is 0 Å². The standard InChI is InChI=1S/C13H21N2O6P.C7H13NO2Se.Ba.H2OS/c1-15(8-6-12(17)14-10-16)13-5-4-11(21-13)7-9-22(18,19-2)20-3;1-5(9)8-4-6-2-3-7(11)10-6;;1-2/h6-11,13,18H,4-5H2,1-3H3;6-7,11H,2-4H2,1H3,(H,8,9);;1-2H/q;;+1;/b8-6-,9-7+;;;. The Morgan fingerprint density at radius 1 is 1.22 bits per heavy atom. The molecule has 2 heterocycles. The van der Waals surface area contributed by atoms with Gasteiger partial charge in [0.15, 0.2) is 0 Å². The van der Waals surface area contributed by atoms with Gasteiger partial charge < -0.3 is 14.2 Å². The summed E-state index contributed by atoms with van der Waals surface area (Å²) in [6, 6.07) is 0. The number of nitrogens with one attached hydrogen (secondary N) is 2. The molecule has 4 atom stereocenters. The average molecular weight is 742 g/mol. The van der Waals surface area contributed by atoms with E-state index in [2.05, 4.69) is 18.2 Å². The molecule has 3 amide bonds. The van der Waals surface area contributed by atoms with Crippen molar-refractivity contribution in [2.75, 3.05) is 27.8 Å². The van der Waals surface area contributed by atoms with Crippen molar-refractivity contribution in [3.63, 3.8) is 0 Å². The molecule has 0 aromatic carbocycles. The van der Waals surface area contributed by atoms with Crippen LogP contribution in [0.3, 0.4) is 0 Å². The van der Waals surface area contributed by atoms with E-state index in [9.17, 15) is 19.3 Å². The molecule has 0 spiro atoms. The van der Waals surface area contributed by atoms with Crippen LogP contribution in [0.25, 0.3) is 0 Å². The van der Waals surface area contributed by atoms with Crippen LogP contribution in [0.5, 0.6) is 0 Å². The molecule has 4 N–H and O–H groups in total. The van der Waals surface area contributed by atoms with Crippen molar-refractivity contribution < 1.29 is 42.4 Å². The first-order chi connectivity index (χ1) is 17.2.